The molecular formula is C15H21ClN2O2. The molecule has 3 rings (SSSR count). The molecule has 2 fully saturated rings. The first-order valence-corrected chi connectivity index (χ1v) is 7.63. The summed E-state index contributed by atoms with van der Waals surface area (Å²) in [5.74, 6) is 0. The molecule has 1 aliphatic carbocycles. The number of hydrogen-bond donors (Lipinski definition) is 2. The van der Waals surface area contributed by atoms with Crippen molar-refractivity contribution in [1.29, 1.82) is 0 Å². The number of nitrogens with zero attached hydrogens (tertiary/aromatic N) is 1. The van der Waals surface area contributed by atoms with Crippen LogP contribution in [0.25, 0.3) is 0 Å². The molecule has 0 radical (unpaired) electrons. The van der Waals surface area contributed by atoms with E-state index in [1.54, 1.807) is 0 Å². The van der Waals surface area contributed by atoms with Crippen molar-refractivity contribution in [1.82, 2.24) is 5.32 Å². The molecule has 2 N–H and O–H groups in total. The van der Waals surface area contributed by atoms with Crippen molar-refractivity contribution in [2.24, 2.45) is 0 Å². The Morgan fingerprint density at radius 3 is 3.00 bits per heavy atom. The number of aliphatic hydroxyl groups excluding tert-OH is 1. The zero-order valence-electron chi connectivity index (χ0n) is 11.5. The Kier molecular flexibility index (Phi) is 4.46. The molecule has 0 spiro atoms. The minimum atomic E-state index is 0.0320. The van der Waals surface area contributed by atoms with Gasteiger partial charge in [0.1, 0.15) is 0 Å². The summed E-state index contributed by atoms with van der Waals surface area (Å²) in [4.78, 5) is 2.24. The number of ether oxygens (including phenoxy) is 1. The molecule has 1 aliphatic heterocycles. The van der Waals surface area contributed by atoms with Gasteiger partial charge in [-0.15, -0.1) is 0 Å². The Morgan fingerprint density at radius 1 is 1.40 bits per heavy atom. The Balaban J connectivity index is 1.81. The number of hydrogen-bond acceptors (Lipinski definition) is 4. The quantitative estimate of drug-likeness (QED) is 0.869. The van der Waals surface area contributed by atoms with Gasteiger partial charge >= 0.3 is 0 Å². The van der Waals surface area contributed by atoms with Gasteiger partial charge in [0.2, 0.25) is 0 Å². The third-order valence-corrected chi connectivity index (χ3v) is 4.18. The molecule has 0 amide bonds. The Morgan fingerprint density at radius 2 is 2.25 bits per heavy atom. The topological polar surface area (TPSA) is 44.7 Å². The van der Waals surface area contributed by atoms with Crippen molar-refractivity contribution in [2.45, 2.75) is 31.5 Å². The van der Waals surface area contributed by atoms with E-state index in [1.807, 2.05) is 12.1 Å². The highest BCUT2D eigenvalue weighted by Crippen LogP contribution is 2.28. The maximum Gasteiger partial charge on any atom is 0.0755 e. The Labute approximate surface area is 124 Å². The number of aliphatic hydroxyl groups is 1. The van der Waals surface area contributed by atoms with E-state index >= 15 is 0 Å². The molecule has 1 heterocycles. The van der Waals surface area contributed by atoms with Crippen LogP contribution in [-0.4, -0.2) is 43.6 Å². The van der Waals surface area contributed by atoms with Crippen molar-refractivity contribution in [2.75, 3.05) is 31.3 Å². The summed E-state index contributed by atoms with van der Waals surface area (Å²) in [6.45, 7) is 3.03. The molecule has 4 nitrogen and oxygen atoms in total. The average Bonchev–Trinajstić information content (AvgIpc) is 3.29. The van der Waals surface area contributed by atoms with Crippen LogP contribution in [-0.2, 0) is 11.3 Å². The summed E-state index contributed by atoms with van der Waals surface area (Å²) >= 11 is 6.14. The van der Waals surface area contributed by atoms with Gasteiger partial charge in [-0.05, 0) is 36.6 Å². The molecule has 5 heteroatoms. The van der Waals surface area contributed by atoms with Crippen LogP contribution >= 0.6 is 11.6 Å². The van der Waals surface area contributed by atoms with Gasteiger partial charge in [-0.2, -0.15) is 0 Å². The average molecular weight is 297 g/mol. The first-order valence-electron chi connectivity index (χ1n) is 7.25. The zero-order chi connectivity index (χ0) is 13.9. The number of halogens is 1. The van der Waals surface area contributed by atoms with Crippen molar-refractivity contribution in [3.63, 3.8) is 0 Å². The van der Waals surface area contributed by atoms with Gasteiger partial charge in [0.05, 0.1) is 25.9 Å². The minimum Gasteiger partial charge on any atom is -0.394 e. The predicted molar refractivity (Wildman–Crippen MR) is 80.4 cm³/mol. The maximum absolute atomic E-state index is 9.53. The molecule has 2 aliphatic rings. The van der Waals surface area contributed by atoms with Crippen LogP contribution in [0.4, 0.5) is 5.69 Å². The van der Waals surface area contributed by atoms with Gasteiger partial charge in [0.15, 0.2) is 0 Å². The van der Waals surface area contributed by atoms with Crippen LogP contribution < -0.4 is 10.2 Å². The lowest BCUT2D eigenvalue weighted by molar-refractivity contribution is 0.0726. The lowest BCUT2D eigenvalue weighted by Crippen LogP contribution is -2.48. The molecule has 1 saturated carbocycles. The molecule has 1 atom stereocenters. The summed E-state index contributed by atoms with van der Waals surface area (Å²) in [7, 11) is 0. The predicted octanol–water partition coefficient (Wildman–Crippen LogP) is 1.79. The Hall–Kier alpha value is -0.810. The van der Waals surface area contributed by atoms with E-state index in [0.717, 1.165) is 23.8 Å². The molecule has 0 bridgehead atoms. The molecule has 1 aromatic carbocycles. The monoisotopic (exact) mass is 296 g/mol. The lowest BCUT2D eigenvalue weighted by atomic mass is 10.1. The van der Waals surface area contributed by atoms with Crippen LogP contribution in [0.15, 0.2) is 18.2 Å². The lowest BCUT2D eigenvalue weighted by Gasteiger charge is -2.37. The van der Waals surface area contributed by atoms with Crippen molar-refractivity contribution >= 4 is 17.3 Å². The van der Waals surface area contributed by atoms with E-state index in [0.29, 0.717) is 19.3 Å². The summed E-state index contributed by atoms with van der Waals surface area (Å²) in [5, 5.41) is 13.8. The largest absolute Gasteiger partial charge is 0.394 e. The van der Waals surface area contributed by atoms with E-state index in [1.165, 1.54) is 18.4 Å². The van der Waals surface area contributed by atoms with Crippen LogP contribution in [0.1, 0.15) is 18.4 Å². The number of nitrogens with one attached hydrogen (secondary N) is 1. The summed E-state index contributed by atoms with van der Waals surface area (Å²) in [5.41, 5.74) is 2.36. The van der Waals surface area contributed by atoms with Gasteiger partial charge in [-0.1, -0.05) is 11.6 Å². The number of morpholine rings is 1. The first-order chi connectivity index (χ1) is 9.78. The van der Waals surface area contributed by atoms with Crippen LogP contribution in [0.2, 0.25) is 5.02 Å². The highest BCUT2D eigenvalue weighted by Gasteiger charge is 2.25. The first kappa shape index (κ1) is 14.1. The standard InChI is InChI=1S/C15H21ClN2O2/c16-12-1-4-15(11(7-12)8-17-13-2-3-13)18-5-6-20-10-14(18)9-19/h1,4,7,13-14,17,19H,2-3,5-6,8-10H2. The summed E-state index contributed by atoms with van der Waals surface area (Å²) in [6.07, 6.45) is 2.54. The third-order valence-electron chi connectivity index (χ3n) is 3.95. The van der Waals surface area contributed by atoms with Crippen molar-refractivity contribution in [3.05, 3.63) is 28.8 Å². The molecule has 1 aromatic rings. The van der Waals surface area contributed by atoms with Crippen LogP contribution in [0.3, 0.4) is 0 Å². The normalized spacial score (nSPS) is 23.1. The number of rotatable bonds is 5. The van der Waals surface area contributed by atoms with E-state index in [9.17, 15) is 5.11 Å². The van der Waals surface area contributed by atoms with E-state index < -0.39 is 0 Å². The highest BCUT2D eigenvalue weighted by molar-refractivity contribution is 6.30. The van der Waals surface area contributed by atoms with E-state index in [4.69, 9.17) is 16.3 Å². The molecule has 1 unspecified atom stereocenters. The SMILES string of the molecule is OCC1COCCN1c1ccc(Cl)cc1CNC1CC1. The molecule has 20 heavy (non-hydrogen) atoms. The van der Waals surface area contributed by atoms with Gasteiger partial charge in [0, 0.05) is 29.8 Å². The van der Waals surface area contributed by atoms with Gasteiger partial charge in [0.25, 0.3) is 0 Å². The van der Waals surface area contributed by atoms with E-state index in [2.05, 4.69) is 16.3 Å². The smallest absolute Gasteiger partial charge is 0.0755 e. The fraction of sp³-hybridized carbons (Fsp3) is 0.600. The fourth-order valence-electron chi connectivity index (χ4n) is 2.64. The van der Waals surface area contributed by atoms with Gasteiger partial charge in [-0.3, -0.25) is 0 Å². The van der Waals surface area contributed by atoms with Crippen molar-refractivity contribution < 1.29 is 9.84 Å². The zero-order valence-corrected chi connectivity index (χ0v) is 12.3. The second-order valence-electron chi connectivity index (χ2n) is 5.53. The van der Waals surface area contributed by atoms with E-state index in [-0.39, 0.29) is 12.6 Å². The number of benzene rings is 1. The van der Waals surface area contributed by atoms with Crippen LogP contribution in [0.5, 0.6) is 0 Å². The number of anilines is 1. The molecule has 0 aromatic heterocycles. The summed E-state index contributed by atoms with van der Waals surface area (Å²) < 4.78 is 5.45. The molecule has 110 valence electrons. The van der Waals surface area contributed by atoms with Crippen molar-refractivity contribution in [3.8, 4) is 0 Å². The van der Waals surface area contributed by atoms with Crippen LogP contribution in [0, 0.1) is 0 Å². The fourth-order valence-corrected chi connectivity index (χ4v) is 2.84. The molecular weight excluding hydrogens is 276 g/mol. The minimum absolute atomic E-state index is 0.0320. The highest BCUT2D eigenvalue weighted by atomic mass is 35.5. The molecule has 1 saturated heterocycles. The van der Waals surface area contributed by atoms with Gasteiger partial charge < -0.3 is 20.1 Å². The van der Waals surface area contributed by atoms with Gasteiger partial charge in [-0.25, -0.2) is 0 Å². The maximum atomic E-state index is 9.53. The third kappa shape index (κ3) is 3.26. The second-order valence-corrected chi connectivity index (χ2v) is 5.97. The Bertz CT molecular complexity index is 465. The second kappa shape index (κ2) is 6.31. The summed E-state index contributed by atoms with van der Waals surface area (Å²) in [6, 6.07) is 6.70.